The first kappa shape index (κ1) is 12.4. The molecule has 0 spiro atoms. The van der Waals surface area contributed by atoms with Crippen LogP contribution in [-0.2, 0) is 10.0 Å². The van der Waals surface area contributed by atoms with Gasteiger partial charge in [-0.05, 0) is 0 Å². The third-order valence-electron chi connectivity index (χ3n) is 2.06. The Morgan fingerprint density at radius 3 is 2.19 bits per heavy atom. The van der Waals surface area contributed by atoms with Gasteiger partial charge in [-0.1, -0.05) is 30.3 Å². The van der Waals surface area contributed by atoms with E-state index in [2.05, 4.69) is 0 Å². The van der Waals surface area contributed by atoms with Crippen LogP contribution in [-0.4, -0.2) is 37.6 Å². The van der Waals surface area contributed by atoms with Crippen LogP contribution in [0.25, 0.3) is 0 Å². The van der Waals surface area contributed by atoms with Gasteiger partial charge in [-0.15, -0.1) is 0 Å². The maximum Gasteiger partial charge on any atom is 0.233 e. The van der Waals surface area contributed by atoms with Crippen molar-refractivity contribution in [3.8, 4) is 0 Å². The van der Waals surface area contributed by atoms with Gasteiger partial charge in [0.15, 0.2) is 5.84 Å². The fraction of sp³-hybridized carbons (Fsp3) is 0.200. The molecule has 0 atom stereocenters. The highest BCUT2D eigenvalue weighted by Gasteiger charge is 2.22. The topological polar surface area (TPSA) is 78.3 Å². The number of hydrogen-bond acceptors (Lipinski definition) is 4. The van der Waals surface area contributed by atoms with Crippen molar-refractivity contribution in [2.75, 3.05) is 13.3 Å². The normalized spacial score (nSPS) is 10.9. The summed E-state index contributed by atoms with van der Waals surface area (Å²) in [5, 5.41) is 7.49. The molecule has 1 rings (SSSR count). The van der Waals surface area contributed by atoms with Crippen molar-refractivity contribution in [2.24, 2.45) is 0 Å². The summed E-state index contributed by atoms with van der Waals surface area (Å²) in [6.07, 6.45) is 0.944. The van der Waals surface area contributed by atoms with E-state index in [1.807, 2.05) is 0 Å². The number of sulfonamides is 1. The van der Waals surface area contributed by atoms with Crippen molar-refractivity contribution in [1.29, 1.82) is 5.41 Å². The molecule has 6 heteroatoms. The zero-order valence-corrected chi connectivity index (χ0v) is 9.78. The Morgan fingerprint density at radius 2 is 1.75 bits per heavy atom. The van der Waals surface area contributed by atoms with Crippen LogP contribution >= 0.6 is 0 Å². The molecule has 16 heavy (non-hydrogen) atoms. The van der Waals surface area contributed by atoms with Gasteiger partial charge >= 0.3 is 0 Å². The molecule has 0 aliphatic rings. The van der Waals surface area contributed by atoms with E-state index in [0.29, 0.717) is 9.87 Å². The average Bonchev–Trinajstić information content (AvgIpc) is 2.26. The van der Waals surface area contributed by atoms with Crippen LogP contribution in [0.4, 0.5) is 0 Å². The minimum Gasteiger partial charge on any atom is -0.285 e. The van der Waals surface area contributed by atoms with Crippen molar-refractivity contribution >= 4 is 21.6 Å². The summed E-state index contributed by atoms with van der Waals surface area (Å²) in [5.41, 5.74) is 0.294. The molecule has 1 aromatic carbocycles. The Kier molecular flexibility index (Phi) is 3.44. The Morgan fingerprint density at radius 1 is 1.25 bits per heavy atom. The van der Waals surface area contributed by atoms with Gasteiger partial charge in [-0.25, -0.2) is 8.42 Å². The SMILES string of the molecule is CN(C(=N)C(=O)c1ccccc1)S(C)(=O)=O. The largest absolute Gasteiger partial charge is 0.285 e. The van der Waals surface area contributed by atoms with E-state index < -0.39 is 21.6 Å². The van der Waals surface area contributed by atoms with Crippen LogP contribution in [0.3, 0.4) is 0 Å². The van der Waals surface area contributed by atoms with Crippen LogP contribution in [0.5, 0.6) is 0 Å². The van der Waals surface area contributed by atoms with E-state index in [-0.39, 0.29) is 0 Å². The first-order valence-corrected chi connectivity index (χ1v) is 6.31. The van der Waals surface area contributed by atoms with Crippen molar-refractivity contribution in [1.82, 2.24) is 4.31 Å². The van der Waals surface area contributed by atoms with E-state index in [0.717, 1.165) is 6.26 Å². The van der Waals surface area contributed by atoms with Gasteiger partial charge in [0.25, 0.3) is 0 Å². The van der Waals surface area contributed by atoms with E-state index >= 15 is 0 Å². The molecule has 1 N–H and O–H groups in total. The predicted molar refractivity (Wildman–Crippen MR) is 61.1 cm³/mol. The Balaban J connectivity index is 2.97. The number of Topliss-reactive ketones (excluding diaryl/α,β-unsaturated/α-hetero) is 1. The average molecular weight is 240 g/mol. The number of benzene rings is 1. The second kappa shape index (κ2) is 4.44. The number of amidine groups is 1. The highest BCUT2D eigenvalue weighted by Crippen LogP contribution is 2.04. The first-order chi connectivity index (χ1) is 7.34. The molecule has 0 fully saturated rings. The number of nitrogens with zero attached hydrogens (tertiary/aromatic N) is 1. The first-order valence-electron chi connectivity index (χ1n) is 4.46. The number of hydrogen-bond donors (Lipinski definition) is 1. The molecule has 86 valence electrons. The molecule has 0 aliphatic heterocycles. The summed E-state index contributed by atoms with van der Waals surface area (Å²) < 4.78 is 22.9. The molecular formula is C10H12N2O3S. The lowest BCUT2D eigenvalue weighted by atomic mass is 10.1. The van der Waals surface area contributed by atoms with Crippen molar-refractivity contribution in [3.63, 3.8) is 0 Å². The molecule has 0 amide bonds. The predicted octanol–water partition coefficient (Wildman–Crippen LogP) is 0.738. The molecule has 0 unspecified atom stereocenters. The van der Waals surface area contributed by atoms with Crippen molar-refractivity contribution < 1.29 is 13.2 Å². The molecule has 0 aliphatic carbocycles. The summed E-state index contributed by atoms with van der Waals surface area (Å²) in [6, 6.07) is 8.11. The number of likely N-dealkylation sites (N-methyl/N-ethyl adjacent to an activating group) is 1. The summed E-state index contributed by atoms with van der Waals surface area (Å²) in [4.78, 5) is 11.7. The van der Waals surface area contributed by atoms with Crippen molar-refractivity contribution in [2.45, 2.75) is 0 Å². The minimum absolute atomic E-state index is 0.294. The molecule has 1 aromatic rings. The highest BCUT2D eigenvalue weighted by atomic mass is 32.2. The lowest BCUT2D eigenvalue weighted by Crippen LogP contribution is -2.36. The monoisotopic (exact) mass is 240 g/mol. The molecular weight excluding hydrogens is 228 g/mol. The maximum atomic E-state index is 11.7. The standard InChI is InChI=1S/C10H12N2O3S/c1-12(16(2,14)15)10(11)9(13)8-6-4-3-5-7-8/h3-7,11H,1-2H3. The quantitative estimate of drug-likeness (QED) is 0.481. The second-order valence-electron chi connectivity index (χ2n) is 3.27. The molecule has 0 saturated carbocycles. The number of carbonyl (C=O) groups is 1. The summed E-state index contributed by atoms with van der Waals surface area (Å²) in [7, 11) is -2.39. The molecule has 0 heterocycles. The number of carbonyl (C=O) groups excluding carboxylic acids is 1. The highest BCUT2D eigenvalue weighted by molar-refractivity contribution is 7.89. The zero-order chi connectivity index (χ0) is 12.3. The van der Waals surface area contributed by atoms with Gasteiger partial charge in [-0.3, -0.25) is 14.5 Å². The number of nitrogens with one attached hydrogen (secondary N) is 1. The van der Waals surface area contributed by atoms with Crippen molar-refractivity contribution in [3.05, 3.63) is 35.9 Å². The lowest BCUT2D eigenvalue weighted by Gasteiger charge is -2.15. The zero-order valence-electron chi connectivity index (χ0n) is 8.97. The van der Waals surface area contributed by atoms with Crippen LogP contribution in [0.15, 0.2) is 30.3 Å². The van der Waals surface area contributed by atoms with E-state index in [9.17, 15) is 13.2 Å². The van der Waals surface area contributed by atoms with E-state index in [1.165, 1.54) is 19.2 Å². The summed E-state index contributed by atoms with van der Waals surface area (Å²) >= 11 is 0. The Hall–Kier alpha value is -1.69. The van der Waals surface area contributed by atoms with E-state index in [4.69, 9.17) is 5.41 Å². The number of ketones is 1. The molecule has 5 nitrogen and oxygen atoms in total. The maximum absolute atomic E-state index is 11.7. The van der Waals surface area contributed by atoms with Gasteiger partial charge < -0.3 is 0 Å². The minimum atomic E-state index is -3.57. The third kappa shape index (κ3) is 2.66. The number of rotatable bonds is 3. The fourth-order valence-corrected chi connectivity index (χ4v) is 1.45. The fourth-order valence-electron chi connectivity index (χ4n) is 1.04. The van der Waals surface area contributed by atoms with Gasteiger partial charge in [0.2, 0.25) is 15.8 Å². The van der Waals surface area contributed by atoms with Gasteiger partial charge in [0.05, 0.1) is 6.26 Å². The van der Waals surface area contributed by atoms with E-state index in [1.54, 1.807) is 18.2 Å². The van der Waals surface area contributed by atoms with Crippen LogP contribution in [0.2, 0.25) is 0 Å². The van der Waals surface area contributed by atoms with Gasteiger partial charge in [0, 0.05) is 12.6 Å². The Labute approximate surface area is 94.3 Å². The Bertz CT molecular complexity index is 508. The second-order valence-corrected chi connectivity index (χ2v) is 5.29. The smallest absolute Gasteiger partial charge is 0.233 e. The molecule has 0 radical (unpaired) electrons. The van der Waals surface area contributed by atoms with Crippen LogP contribution in [0.1, 0.15) is 10.4 Å². The van der Waals surface area contributed by atoms with Crippen LogP contribution in [0, 0.1) is 5.41 Å². The summed E-state index contributed by atoms with van der Waals surface area (Å²) in [5.74, 6) is -1.18. The molecule has 0 saturated heterocycles. The molecule has 0 aromatic heterocycles. The summed E-state index contributed by atoms with van der Waals surface area (Å²) in [6.45, 7) is 0. The van der Waals surface area contributed by atoms with Gasteiger partial charge in [0.1, 0.15) is 0 Å². The third-order valence-corrected chi connectivity index (χ3v) is 3.24. The van der Waals surface area contributed by atoms with Gasteiger partial charge in [-0.2, -0.15) is 0 Å². The molecule has 0 bridgehead atoms. The lowest BCUT2D eigenvalue weighted by molar-refractivity contribution is 0.105. The van der Waals surface area contributed by atoms with Crippen LogP contribution < -0.4 is 0 Å².